The van der Waals surface area contributed by atoms with Crippen LogP contribution in [0.2, 0.25) is 0 Å². The molecule has 2 aromatic heterocycles. The minimum Gasteiger partial charge on any atom is -0.463 e. The van der Waals surface area contributed by atoms with Crippen LogP contribution in [0.15, 0.2) is 48.8 Å². The predicted octanol–water partition coefficient (Wildman–Crippen LogP) is 1.53. The number of carbonyl (C=O) groups excluding carboxylic acids is 2. The summed E-state index contributed by atoms with van der Waals surface area (Å²) in [6, 6.07) is 14.2. The molecule has 3 aromatic rings. The van der Waals surface area contributed by atoms with Crippen molar-refractivity contribution in [1.29, 1.82) is 5.26 Å². The smallest absolute Gasteiger partial charge is 0.311 e. The lowest BCUT2D eigenvalue weighted by Crippen LogP contribution is -2.44. The minimum atomic E-state index is -1.99. The lowest BCUT2D eigenvalue weighted by Gasteiger charge is -2.26. The molecule has 188 valence electrons. The van der Waals surface area contributed by atoms with Crippen LogP contribution in [-0.2, 0) is 35.8 Å². The van der Waals surface area contributed by atoms with E-state index in [1.165, 1.54) is 16.9 Å². The third-order valence-electron chi connectivity index (χ3n) is 5.92. The molecule has 4 atom stereocenters. The maximum absolute atomic E-state index is 12.7. The van der Waals surface area contributed by atoms with Crippen molar-refractivity contribution in [2.75, 3.05) is 12.3 Å². The quantitative estimate of drug-likeness (QED) is 0.482. The van der Waals surface area contributed by atoms with E-state index in [2.05, 4.69) is 10.1 Å². The van der Waals surface area contributed by atoms with Crippen LogP contribution in [0.25, 0.3) is 5.52 Å². The Balaban J connectivity index is 1.64. The van der Waals surface area contributed by atoms with Gasteiger partial charge in [0.1, 0.15) is 36.7 Å². The van der Waals surface area contributed by atoms with Crippen molar-refractivity contribution < 1.29 is 28.9 Å². The van der Waals surface area contributed by atoms with E-state index < -0.39 is 41.3 Å². The van der Waals surface area contributed by atoms with E-state index in [0.717, 1.165) is 5.56 Å². The first-order valence-corrected chi connectivity index (χ1v) is 11.3. The molecule has 1 aromatic carbocycles. The number of carbonyl (C=O) groups is 2. The summed E-state index contributed by atoms with van der Waals surface area (Å²) in [5.74, 6) is -0.988. The number of aliphatic hydroxyl groups is 1. The number of anilines is 1. The highest BCUT2D eigenvalue weighted by atomic mass is 16.6. The highest BCUT2D eigenvalue weighted by molar-refractivity contribution is 5.76. The first-order chi connectivity index (χ1) is 17.1. The summed E-state index contributed by atoms with van der Waals surface area (Å²) in [5.41, 5.74) is 4.35. The fourth-order valence-electron chi connectivity index (χ4n) is 3.96. The van der Waals surface area contributed by atoms with Crippen LogP contribution >= 0.6 is 0 Å². The van der Waals surface area contributed by atoms with Crippen LogP contribution in [0.4, 0.5) is 5.82 Å². The fraction of sp³-hybridized carbons (Fsp3) is 0.400. The van der Waals surface area contributed by atoms with E-state index in [0.29, 0.717) is 5.52 Å². The number of rotatable bonds is 6. The number of ether oxygens (including phenoxy) is 3. The van der Waals surface area contributed by atoms with E-state index in [1.807, 2.05) is 12.1 Å². The second-order valence-corrected chi connectivity index (χ2v) is 9.57. The molecule has 1 saturated heterocycles. The van der Waals surface area contributed by atoms with Crippen LogP contribution < -0.4 is 5.73 Å². The summed E-state index contributed by atoms with van der Waals surface area (Å²) in [5, 5.41) is 25.7. The number of nitrogens with zero attached hydrogens (tertiary/aromatic N) is 4. The molecule has 0 unspecified atom stereocenters. The van der Waals surface area contributed by atoms with Crippen molar-refractivity contribution in [1.82, 2.24) is 14.6 Å². The Morgan fingerprint density at radius 3 is 2.64 bits per heavy atom. The second kappa shape index (κ2) is 9.56. The Labute approximate surface area is 207 Å². The Bertz CT molecular complexity index is 1310. The number of benzene rings is 1. The Morgan fingerprint density at radius 2 is 1.97 bits per heavy atom. The number of esters is 2. The van der Waals surface area contributed by atoms with E-state index in [9.17, 15) is 20.0 Å². The van der Waals surface area contributed by atoms with E-state index in [4.69, 9.17) is 19.9 Å². The first kappa shape index (κ1) is 25.1. The van der Waals surface area contributed by atoms with Crippen molar-refractivity contribution in [3.8, 4) is 6.07 Å². The molecular formula is C25H27N5O6. The van der Waals surface area contributed by atoms with Crippen LogP contribution in [0.3, 0.4) is 0 Å². The standard InChI is InChI=1S/C25H27N5O6/c1-24(2,3)23(33)35-20-17(12-34-19(31)11-15-7-5-4-6-8-15)36-25(13-26,21(20)32)18-10-9-16-22(27)28-14-29-30(16)18/h4-10,14,17,20-21,32H,11-12H2,1-3H3,(H2,27,28,29)/t17-,20-,21-,25+/m1/s1. The van der Waals surface area contributed by atoms with Crippen LogP contribution in [-0.4, -0.2) is 56.6 Å². The number of nitrogens with two attached hydrogens (primary N) is 1. The summed E-state index contributed by atoms with van der Waals surface area (Å²) in [6.45, 7) is 4.62. The molecule has 1 aliphatic rings. The molecule has 11 heteroatoms. The Hall–Kier alpha value is -4.01. The number of aliphatic hydroxyl groups excluding tert-OH is 1. The zero-order valence-corrected chi connectivity index (χ0v) is 20.1. The zero-order chi connectivity index (χ0) is 26.1. The van der Waals surface area contributed by atoms with Crippen molar-refractivity contribution in [3.05, 3.63) is 60.0 Å². The van der Waals surface area contributed by atoms with Crippen molar-refractivity contribution >= 4 is 23.3 Å². The van der Waals surface area contributed by atoms with Gasteiger partial charge in [-0.15, -0.1) is 0 Å². The van der Waals surface area contributed by atoms with Gasteiger partial charge in [0.25, 0.3) is 0 Å². The first-order valence-electron chi connectivity index (χ1n) is 11.3. The van der Waals surface area contributed by atoms with Gasteiger partial charge in [-0.05, 0) is 38.5 Å². The van der Waals surface area contributed by atoms with Gasteiger partial charge in [0.05, 0.1) is 17.5 Å². The summed E-state index contributed by atoms with van der Waals surface area (Å²) < 4.78 is 18.4. The van der Waals surface area contributed by atoms with Crippen molar-refractivity contribution in [2.24, 2.45) is 5.41 Å². The molecule has 3 N–H and O–H groups in total. The predicted molar refractivity (Wildman–Crippen MR) is 126 cm³/mol. The van der Waals surface area contributed by atoms with Gasteiger partial charge in [0.15, 0.2) is 11.9 Å². The molecule has 0 radical (unpaired) electrons. The number of aromatic nitrogens is 3. The van der Waals surface area contributed by atoms with Crippen molar-refractivity contribution in [3.63, 3.8) is 0 Å². The third-order valence-corrected chi connectivity index (χ3v) is 5.92. The maximum Gasteiger partial charge on any atom is 0.311 e. The van der Waals surface area contributed by atoms with Gasteiger partial charge >= 0.3 is 11.9 Å². The number of nitrogen functional groups attached to an aromatic ring is 1. The largest absolute Gasteiger partial charge is 0.463 e. The van der Waals surface area contributed by atoms with Crippen LogP contribution in [0.1, 0.15) is 32.0 Å². The van der Waals surface area contributed by atoms with Gasteiger partial charge in [-0.1, -0.05) is 30.3 Å². The third kappa shape index (κ3) is 4.60. The zero-order valence-electron chi connectivity index (χ0n) is 20.1. The molecule has 4 rings (SSSR count). The van der Waals surface area contributed by atoms with E-state index in [-0.39, 0.29) is 24.5 Å². The topological polar surface area (TPSA) is 162 Å². The molecule has 0 bridgehead atoms. The van der Waals surface area contributed by atoms with Gasteiger partial charge in [-0.2, -0.15) is 10.4 Å². The van der Waals surface area contributed by atoms with Crippen LogP contribution in [0.5, 0.6) is 0 Å². The lowest BCUT2D eigenvalue weighted by molar-refractivity contribution is -0.168. The van der Waals surface area contributed by atoms with Gasteiger partial charge < -0.3 is 25.1 Å². The average Bonchev–Trinajstić information content (AvgIpc) is 3.39. The summed E-state index contributed by atoms with van der Waals surface area (Å²) in [4.78, 5) is 29.1. The fourth-order valence-corrected chi connectivity index (χ4v) is 3.96. The molecule has 3 heterocycles. The Kier molecular flexibility index (Phi) is 6.67. The molecule has 0 amide bonds. The monoisotopic (exact) mass is 493 g/mol. The molecular weight excluding hydrogens is 466 g/mol. The average molecular weight is 494 g/mol. The molecule has 36 heavy (non-hydrogen) atoms. The molecule has 0 spiro atoms. The van der Waals surface area contributed by atoms with Gasteiger partial charge in [-0.3, -0.25) is 9.59 Å². The second-order valence-electron chi connectivity index (χ2n) is 9.57. The minimum absolute atomic E-state index is 0.0193. The number of hydrogen-bond acceptors (Lipinski definition) is 10. The van der Waals surface area contributed by atoms with E-state index in [1.54, 1.807) is 51.1 Å². The molecule has 11 nitrogen and oxygen atoms in total. The molecule has 1 fully saturated rings. The van der Waals surface area contributed by atoms with Gasteiger partial charge in [-0.25, -0.2) is 9.50 Å². The van der Waals surface area contributed by atoms with Crippen LogP contribution in [0, 0.1) is 16.7 Å². The van der Waals surface area contributed by atoms with Crippen molar-refractivity contribution in [2.45, 2.75) is 51.1 Å². The molecule has 1 aliphatic heterocycles. The summed E-state index contributed by atoms with van der Waals surface area (Å²) >= 11 is 0. The van der Waals surface area contributed by atoms with Gasteiger partial charge in [0, 0.05) is 0 Å². The van der Waals surface area contributed by atoms with E-state index >= 15 is 0 Å². The lowest BCUT2D eigenvalue weighted by atomic mass is 9.92. The summed E-state index contributed by atoms with van der Waals surface area (Å²) in [6.07, 6.45) is -2.83. The highest BCUT2D eigenvalue weighted by Gasteiger charge is 2.60. The maximum atomic E-state index is 12.7. The number of nitriles is 1. The number of hydrogen-bond donors (Lipinski definition) is 2. The normalized spacial score (nSPS) is 23.8. The number of fused-ring (bicyclic) bond motifs is 1. The SMILES string of the molecule is CC(C)(C)C(=O)O[C@H]1[C@@H](O)[C@](C#N)(c2ccc3c(N)ncnn23)O[C@@H]1COC(=O)Cc1ccccc1. The molecule has 0 saturated carbocycles. The summed E-state index contributed by atoms with van der Waals surface area (Å²) in [7, 11) is 0. The molecule has 0 aliphatic carbocycles. The Morgan fingerprint density at radius 1 is 1.25 bits per heavy atom. The van der Waals surface area contributed by atoms with Gasteiger partial charge in [0.2, 0.25) is 5.60 Å². The highest BCUT2D eigenvalue weighted by Crippen LogP contribution is 2.42.